The second-order valence-corrected chi connectivity index (χ2v) is 6.40. The summed E-state index contributed by atoms with van der Waals surface area (Å²) >= 11 is 0. The van der Waals surface area contributed by atoms with Crippen LogP contribution < -0.4 is 0 Å². The molecule has 0 bridgehead atoms. The summed E-state index contributed by atoms with van der Waals surface area (Å²) in [5, 5.41) is 10.7. The van der Waals surface area contributed by atoms with Gasteiger partial charge in [-0.2, -0.15) is 0 Å². The largest absolute Gasteiger partial charge is 0.381 e. The Labute approximate surface area is 130 Å². The summed E-state index contributed by atoms with van der Waals surface area (Å²) in [4.78, 5) is 24.0. The van der Waals surface area contributed by atoms with Crippen LogP contribution in [-0.4, -0.2) is 22.3 Å². The van der Waals surface area contributed by atoms with Crippen LogP contribution in [0.25, 0.3) is 0 Å². The lowest BCUT2D eigenvalue weighted by Gasteiger charge is -2.37. The third-order valence-corrected chi connectivity index (χ3v) is 4.95. The Morgan fingerprint density at radius 2 is 1.86 bits per heavy atom. The van der Waals surface area contributed by atoms with E-state index in [-0.39, 0.29) is 11.6 Å². The predicted octanol–water partition coefficient (Wildman–Crippen LogP) is 2.78. The van der Waals surface area contributed by atoms with Crippen molar-refractivity contribution in [1.29, 1.82) is 0 Å². The predicted molar refractivity (Wildman–Crippen MR) is 84.3 cm³/mol. The van der Waals surface area contributed by atoms with Gasteiger partial charge in [0, 0.05) is 11.8 Å². The zero-order chi connectivity index (χ0) is 15.8. The molecule has 2 aliphatic rings. The number of aryl methyl sites for hydroxylation is 1. The molecule has 114 valence electrons. The molecule has 2 atom stereocenters. The van der Waals surface area contributed by atoms with Gasteiger partial charge in [0.1, 0.15) is 5.60 Å². The molecular weight excluding hydrogens is 276 g/mol. The zero-order valence-electron chi connectivity index (χ0n) is 12.7. The third-order valence-electron chi connectivity index (χ3n) is 4.95. The van der Waals surface area contributed by atoms with Gasteiger partial charge in [-0.05, 0) is 43.4 Å². The molecule has 1 aromatic carbocycles. The molecule has 0 amide bonds. The number of rotatable bonds is 3. The van der Waals surface area contributed by atoms with Crippen LogP contribution in [0.15, 0.2) is 54.1 Å². The number of Topliss-reactive ketones (excluding diaryl/α,β-unsaturated/α-hetero) is 1. The Hall–Kier alpha value is -2.00. The Morgan fingerprint density at radius 3 is 2.50 bits per heavy atom. The first kappa shape index (κ1) is 14.9. The highest BCUT2D eigenvalue weighted by Crippen LogP contribution is 2.49. The van der Waals surface area contributed by atoms with Crippen molar-refractivity contribution >= 4 is 11.6 Å². The van der Waals surface area contributed by atoms with Gasteiger partial charge in [0.25, 0.3) is 0 Å². The number of carbonyl (C=O) groups is 2. The van der Waals surface area contributed by atoms with Gasteiger partial charge in [0.2, 0.25) is 0 Å². The van der Waals surface area contributed by atoms with E-state index in [1.807, 2.05) is 36.4 Å². The molecule has 1 aromatic rings. The zero-order valence-corrected chi connectivity index (χ0v) is 12.7. The molecule has 0 saturated heterocycles. The van der Waals surface area contributed by atoms with Crippen molar-refractivity contribution < 1.29 is 14.7 Å². The van der Waals surface area contributed by atoms with Crippen LogP contribution >= 0.6 is 0 Å². The maximum absolute atomic E-state index is 12.6. The highest BCUT2D eigenvalue weighted by atomic mass is 16.3. The van der Waals surface area contributed by atoms with Gasteiger partial charge in [-0.1, -0.05) is 42.5 Å². The minimum Gasteiger partial charge on any atom is -0.381 e. The van der Waals surface area contributed by atoms with Gasteiger partial charge in [-0.25, -0.2) is 0 Å². The monoisotopic (exact) mass is 296 g/mol. The molecule has 1 N–H and O–H groups in total. The summed E-state index contributed by atoms with van der Waals surface area (Å²) in [6, 6.07) is 9.99. The summed E-state index contributed by atoms with van der Waals surface area (Å²) in [5.41, 5.74) is -0.320. The molecule has 0 aliphatic heterocycles. The lowest BCUT2D eigenvalue weighted by atomic mass is 9.69. The molecule has 0 unspecified atom stereocenters. The number of hydrogen-bond acceptors (Lipinski definition) is 3. The van der Waals surface area contributed by atoms with Crippen molar-refractivity contribution in [2.75, 3.05) is 0 Å². The van der Waals surface area contributed by atoms with Crippen molar-refractivity contribution in [2.45, 2.75) is 38.2 Å². The normalized spacial score (nSPS) is 30.9. The van der Waals surface area contributed by atoms with Gasteiger partial charge in [0.15, 0.2) is 11.6 Å². The van der Waals surface area contributed by atoms with Crippen molar-refractivity contribution in [1.82, 2.24) is 0 Å². The Kier molecular flexibility index (Phi) is 3.61. The quantitative estimate of drug-likeness (QED) is 0.933. The first-order chi connectivity index (χ1) is 10.4. The topological polar surface area (TPSA) is 54.4 Å². The third kappa shape index (κ3) is 2.35. The van der Waals surface area contributed by atoms with E-state index in [2.05, 4.69) is 0 Å². The minimum absolute atomic E-state index is 0.0556. The lowest BCUT2D eigenvalue weighted by Crippen LogP contribution is -2.47. The van der Waals surface area contributed by atoms with Crippen LogP contribution in [0.2, 0.25) is 0 Å². The Bertz CT molecular complexity index is 667. The van der Waals surface area contributed by atoms with E-state index in [1.165, 1.54) is 11.6 Å². The average molecular weight is 296 g/mol. The van der Waals surface area contributed by atoms with Crippen LogP contribution in [0.3, 0.4) is 0 Å². The van der Waals surface area contributed by atoms with E-state index in [0.29, 0.717) is 24.8 Å². The van der Waals surface area contributed by atoms with E-state index in [4.69, 9.17) is 0 Å². The molecule has 0 aromatic heterocycles. The maximum atomic E-state index is 12.6. The van der Waals surface area contributed by atoms with Crippen LogP contribution in [0.1, 0.15) is 31.7 Å². The van der Waals surface area contributed by atoms with Gasteiger partial charge >= 0.3 is 0 Å². The fourth-order valence-corrected chi connectivity index (χ4v) is 3.41. The summed E-state index contributed by atoms with van der Waals surface area (Å²) in [6.45, 7) is 1.57. The molecule has 0 radical (unpaired) electrons. The summed E-state index contributed by atoms with van der Waals surface area (Å²) < 4.78 is 0. The second kappa shape index (κ2) is 5.33. The first-order valence-corrected chi connectivity index (χ1v) is 7.69. The van der Waals surface area contributed by atoms with Crippen LogP contribution in [-0.2, 0) is 16.0 Å². The lowest BCUT2D eigenvalue weighted by molar-refractivity contribution is -0.138. The summed E-state index contributed by atoms with van der Waals surface area (Å²) in [6.07, 6.45) is 7.36. The first-order valence-electron chi connectivity index (χ1n) is 7.69. The van der Waals surface area contributed by atoms with Crippen molar-refractivity contribution in [3.8, 4) is 0 Å². The maximum Gasteiger partial charge on any atom is 0.190 e. The molecule has 0 heterocycles. The summed E-state index contributed by atoms with van der Waals surface area (Å²) in [5.74, 6) is -0.151. The molecular formula is C19H20O3. The van der Waals surface area contributed by atoms with Crippen molar-refractivity contribution in [3.05, 3.63) is 59.7 Å². The highest BCUT2D eigenvalue weighted by molar-refractivity contribution is 6.06. The van der Waals surface area contributed by atoms with Crippen molar-refractivity contribution in [3.63, 3.8) is 0 Å². The average Bonchev–Trinajstić information content (AvgIpc) is 2.70. The van der Waals surface area contributed by atoms with E-state index in [1.54, 1.807) is 13.0 Å². The molecule has 3 heteroatoms. The number of carbonyl (C=O) groups excluding carboxylic acids is 2. The Morgan fingerprint density at radius 1 is 1.14 bits per heavy atom. The van der Waals surface area contributed by atoms with Gasteiger partial charge < -0.3 is 5.11 Å². The smallest absolute Gasteiger partial charge is 0.190 e. The fraction of sp³-hybridized carbons (Fsp3) is 0.368. The van der Waals surface area contributed by atoms with E-state index >= 15 is 0 Å². The SMILES string of the molecule is C[C@]1(O)C(=O)C(CCc2ccccc2)=C[C@@]12C=CC(=O)CC2. The number of benzene rings is 1. The number of allylic oxidation sites excluding steroid dienone is 1. The van der Waals surface area contributed by atoms with E-state index < -0.39 is 11.0 Å². The molecule has 3 rings (SSSR count). The standard InChI is InChI=1S/C19H20O3/c1-18(22)17(21)15(8-7-14-5-3-2-4-6-14)13-19(18)11-9-16(20)10-12-19/h2-6,9,11,13,22H,7-8,10,12H2,1H3/t18-,19-/m0/s1. The number of hydrogen-bond donors (Lipinski definition) is 1. The van der Waals surface area contributed by atoms with E-state index in [0.717, 1.165) is 6.42 Å². The van der Waals surface area contributed by atoms with Crippen LogP contribution in [0.5, 0.6) is 0 Å². The molecule has 1 spiro atoms. The van der Waals surface area contributed by atoms with Crippen LogP contribution in [0, 0.1) is 5.41 Å². The van der Waals surface area contributed by atoms with Gasteiger partial charge in [-0.3, -0.25) is 9.59 Å². The van der Waals surface area contributed by atoms with Gasteiger partial charge in [0.05, 0.1) is 0 Å². The molecule has 2 aliphatic carbocycles. The van der Waals surface area contributed by atoms with Crippen molar-refractivity contribution in [2.24, 2.45) is 5.41 Å². The minimum atomic E-state index is -1.45. The number of aliphatic hydroxyl groups is 1. The van der Waals surface area contributed by atoms with Crippen LogP contribution in [0.4, 0.5) is 0 Å². The second-order valence-electron chi connectivity index (χ2n) is 6.40. The molecule has 0 fully saturated rings. The molecule has 0 saturated carbocycles. The highest BCUT2D eigenvalue weighted by Gasteiger charge is 2.55. The number of ketones is 2. The fourth-order valence-electron chi connectivity index (χ4n) is 3.41. The molecule has 22 heavy (non-hydrogen) atoms. The summed E-state index contributed by atoms with van der Waals surface area (Å²) in [7, 11) is 0. The Balaban J connectivity index is 1.84. The van der Waals surface area contributed by atoms with E-state index in [9.17, 15) is 14.7 Å². The van der Waals surface area contributed by atoms with Gasteiger partial charge in [-0.15, -0.1) is 0 Å². The molecule has 3 nitrogen and oxygen atoms in total.